The van der Waals surface area contributed by atoms with Gasteiger partial charge in [0.05, 0.1) is 6.07 Å². The lowest BCUT2D eigenvalue weighted by Crippen LogP contribution is -2.52. The average Bonchev–Trinajstić information content (AvgIpc) is 3.11. The maximum absolute atomic E-state index is 13.3. The van der Waals surface area contributed by atoms with E-state index < -0.39 is 46.1 Å². The monoisotopic (exact) mass is 476 g/mol. The van der Waals surface area contributed by atoms with E-state index in [0.29, 0.717) is 35.2 Å². The Morgan fingerprint density at radius 1 is 1.09 bits per heavy atom. The summed E-state index contributed by atoms with van der Waals surface area (Å²) in [5.41, 5.74) is -4.65. The van der Waals surface area contributed by atoms with Crippen molar-refractivity contribution in [3.8, 4) is 6.07 Å². The van der Waals surface area contributed by atoms with Gasteiger partial charge in [-0.25, -0.2) is 0 Å². The van der Waals surface area contributed by atoms with Gasteiger partial charge < -0.3 is 5.32 Å². The molecule has 0 bridgehead atoms. The van der Waals surface area contributed by atoms with Crippen LogP contribution in [0, 0.1) is 11.3 Å². The third-order valence-corrected chi connectivity index (χ3v) is 6.17. The van der Waals surface area contributed by atoms with Gasteiger partial charge in [-0.15, -0.1) is 4.21 Å². The molecule has 3 rings (SSSR count). The number of hydrogen-bond acceptors (Lipinski definition) is 4. The topological polar surface area (TPSA) is 82.0 Å². The average molecular weight is 476 g/mol. The van der Waals surface area contributed by atoms with Crippen LogP contribution in [-0.2, 0) is 31.8 Å². The highest BCUT2D eigenvalue weighted by atomic mass is 32.2. The predicted octanol–water partition coefficient (Wildman–Crippen LogP) is 4.04. The van der Waals surface area contributed by atoms with E-state index in [1.54, 1.807) is 24.5 Å². The molecule has 1 aliphatic rings. The summed E-state index contributed by atoms with van der Waals surface area (Å²) in [5.74, 6) is -0.580. The quantitative estimate of drug-likeness (QED) is 0.397. The van der Waals surface area contributed by atoms with Crippen LogP contribution < -0.4 is 10.6 Å². The third kappa shape index (κ3) is 3.98. The maximum Gasteiger partial charge on any atom is 0.420 e. The van der Waals surface area contributed by atoms with Crippen molar-refractivity contribution in [3.63, 3.8) is 0 Å². The first kappa shape index (κ1) is 23.7. The van der Waals surface area contributed by atoms with E-state index in [1.165, 1.54) is 0 Å². The van der Waals surface area contributed by atoms with Crippen LogP contribution in [0.25, 0.3) is 0 Å². The highest BCUT2D eigenvalue weighted by molar-refractivity contribution is 7.84. The van der Waals surface area contributed by atoms with Gasteiger partial charge in [-0.05, 0) is 41.0 Å². The van der Waals surface area contributed by atoms with Crippen LogP contribution in [0.5, 0.6) is 0 Å². The van der Waals surface area contributed by atoms with Gasteiger partial charge in [0.25, 0.3) is 5.41 Å². The molecule has 0 aliphatic carbocycles. The Balaban J connectivity index is 1.84. The number of nitrogens with zero attached hydrogens (tertiary/aromatic N) is 1. The summed E-state index contributed by atoms with van der Waals surface area (Å²) in [7, 11) is -1.56. The molecule has 0 fully saturated rings. The molecular weight excluding hydrogens is 460 g/mol. The van der Waals surface area contributed by atoms with Crippen LogP contribution in [0.15, 0.2) is 47.4 Å². The Morgan fingerprint density at radius 3 is 2.19 bits per heavy atom. The van der Waals surface area contributed by atoms with Crippen LogP contribution in [0.4, 0.5) is 32.0 Å². The van der Waals surface area contributed by atoms with Gasteiger partial charge in [0.2, 0.25) is 5.91 Å². The van der Waals surface area contributed by atoms with E-state index in [4.69, 9.17) is 5.26 Å². The number of alkyl halides is 6. The van der Waals surface area contributed by atoms with Crippen molar-refractivity contribution in [2.24, 2.45) is 0 Å². The highest BCUT2D eigenvalue weighted by Gasteiger charge is 2.72. The second-order valence-corrected chi connectivity index (χ2v) is 8.63. The van der Waals surface area contributed by atoms with Crippen molar-refractivity contribution in [1.82, 2.24) is 5.32 Å². The van der Waals surface area contributed by atoms with E-state index >= 15 is 0 Å². The number of fused-ring (bicyclic) bond motifs is 1. The number of carbonyl (C=O) groups is 1. The molecule has 32 heavy (non-hydrogen) atoms. The fourth-order valence-corrected chi connectivity index (χ4v) is 4.10. The zero-order valence-corrected chi connectivity index (χ0v) is 17.2. The Bertz CT molecular complexity index is 1090. The van der Waals surface area contributed by atoms with Crippen molar-refractivity contribution in [1.29, 1.82) is 5.26 Å². The van der Waals surface area contributed by atoms with Gasteiger partial charge in [0.15, 0.2) is 4.90 Å². The largest absolute Gasteiger partial charge is 0.420 e. The van der Waals surface area contributed by atoms with E-state index in [-0.39, 0.29) is 5.69 Å². The minimum absolute atomic E-state index is 0.0431. The molecule has 0 aromatic heterocycles. The second-order valence-electron chi connectivity index (χ2n) is 7.12. The molecular formula is C20H16F6N3O2S+. The van der Waals surface area contributed by atoms with E-state index in [1.807, 2.05) is 0 Å². The van der Waals surface area contributed by atoms with Crippen molar-refractivity contribution in [3.05, 3.63) is 59.2 Å². The number of benzene rings is 2. The number of nitriles is 1. The summed E-state index contributed by atoms with van der Waals surface area (Å²) in [6.45, 7) is 0.325. The molecule has 2 aromatic carbocycles. The second kappa shape index (κ2) is 8.22. The zero-order chi connectivity index (χ0) is 23.9. The number of carbonyl (C=O) groups excluding carboxylic acids is 1. The number of rotatable bonds is 4. The first-order valence-corrected chi connectivity index (χ1v) is 10.8. The van der Waals surface area contributed by atoms with Crippen LogP contribution in [0.1, 0.15) is 22.7 Å². The van der Waals surface area contributed by atoms with Gasteiger partial charge in [-0.2, -0.15) is 31.6 Å². The smallest absolute Gasteiger partial charge is 0.324 e. The Labute approximate surface area is 180 Å². The van der Waals surface area contributed by atoms with Crippen LogP contribution >= 0.6 is 0 Å². The molecule has 0 saturated heterocycles. The van der Waals surface area contributed by atoms with Gasteiger partial charge in [-0.3, -0.25) is 10.1 Å². The molecule has 5 nitrogen and oxygen atoms in total. The zero-order valence-electron chi connectivity index (χ0n) is 16.3. The molecule has 12 heteroatoms. The Kier molecular flexibility index (Phi) is 6.10. The minimum atomic E-state index is -5.90. The number of thiol groups is 1. The highest BCUT2D eigenvalue weighted by Crippen LogP contribution is 2.51. The lowest BCUT2D eigenvalue weighted by molar-refractivity contribution is -0.283. The number of nitrogens with one attached hydrogen (secondary N) is 2. The molecule has 2 atom stereocenters. The summed E-state index contributed by atoms with van der Waals surface area (Å²) in [4.78, 5) is 13.2. The van der Waals surface area contributed by atoms with Crippen molar-refractivity contribution < 1.29 is 35.3 Å². The minimum Gasteiger partial charge on any atom is -0.324 e. The van der Waals surface area contributed by atoms with Gasteiger partial charge in [0, 0.05) is 12.2 Å². The standard InChI is InChI=1S/C20H15F6N3O2S/c1-32(31)14-6-7-15-11(8-14)9-28-16(15)17(30)29-13-4-2-12(3-5-13)18(10-27,19(21,22)23)20(24,25)26/h2-8,16,28H,9H2,1H3,(H,29,30)/p+1. The molecule has 0 saturated carbocycles. The number of hydrogen-bond donors (Lipinski definition) is 2. The predicted molar refractivity (Wildman–Crippen MR) is 104 cm³/mol. The van der Waals surface area contributed by atoms with Crippen molar-refractivity contribution in [2.75, 3.05) is 11.6 Å². The van der Waals surface area contributed by atoms with Gasteiger partial charge in [0.1, 0.15) is 23.1 Å². The van der Waals surface area contributed by atoms with E-state index in [0.717, 1.165) is 17.7 Å². The first-order chi connectivity index (χ1) is 14.8. The maximum atomic E-state index is 13.3. The molecule has 1 amide bonds. The molecule has 2 unspecified atom stereocenters. The van der Waals surface area contributed by atoms with Gasteiger partial charge in [-0.1, -0.05) is 18.2 Å². The number of amides is 1. The fraction of sp³-hybridized carbons (Fsp3) is 0.300. The molecule has 0 radical (unpaired) electrons. The summed E-state index contributed by atoms with van der Waals surface area (Å²) in [6, 6.07) is 7.31. The van der Waals surface area contributed by atoms with E-state index in [9.17, 15) is 35.3 Å². The van der Waals surface area contributed by atoms with Crippen LogP contribution in [0.2, 0.25) is 0 Å². The SMILES string of the molecule is C[SH+](=O)c1ccc2c(c1)CNC2C(=O)Nc1ccc(C(C#N)(C(F)(F)F)C(F)(F)F)cc1. The normalized spacial score (nSPS) is 17.4. The Hall–Kier alpha value is -2.91. The number of halogens is 6. The summed E-state index contributed by atoms with van der Waals surface area (Å²) in [5, 5.41) is 14.2. The van der Waals surface area contributed by atoms with Crippen LogP contribution in [0.3, 0.4) is 0 Å². The van der Waals surface area contributed by atoms with Gasteiger partial charge >= 0.3 is 12.4 Å². The van der Waals surface area contributed by atoms with Crippen LogP contribution in [-0.4, -0.2) is 24.5 Å². The lowest BCUT2D eigenvalue weighted by Gasteiger charge is -2.31. The molecule has 2 N–H and O–H groups in total. The third-order valence-electron chi connectivity index (χ3n) is 5.16. The first-order valence-electron chi connectivity index (χ1n) is 9.05. The summed E-state index contributed by atoms with van der Waals surface area (Å²) >= 11 is 0. The molecule has 1 aliphatic heterocycles. The molecule has 2 aromatic rings. The lowest BCUT2D eigenvalue weighted by atomic mass is 9.80. The fourth-order valence-electron chi connectivity index (χ4n) is 3.48. The molecule has 1 heterocycles. The number of anilines is 1. The van der Waals surface area contributed by atoms with E-state index in [2.05, 4.69) is 10.6 Å². The Morgan fingerprint density at radius 2 is 1.69 bits per heavy atom. The molecule has 0 spiro atoms. The molecule has 170 valence electrons. The summed E-state index contributed by atoms with van der Waals surface area (Å²) in [6.07, 6.45) is -10.3. The van der Waals surface area contributed by atoms with Crippen molar-refractivity contribution in [2.45, 2.75) is 35.2 Å². The summed E-state index contributed by atoms with van der Waals surface area (Å²) < 4.78 is 91.1. The van der Waals surface area contributed by atoms with Crippen molar-refractivity contribution >= 4 is 22.4 Å².